The third-order valence-corrected chi connectivity index (χ3v) is 27.8. The monoisotopic (exact) mass is 989 g/mol. The Bertz CT molecular complexity index is 3580. The van der Waals surface area contributed by atoms with Crippen LogP contribution in [0.5, 0.6) is 0 Å². The summed E-state index contributed by atoms with van der Waals surface area (Å²) in [7, 11) is -0.703. The van der Waals surface area contributed by atoms with E-state index in [4.69, 9.17) is 0 Å². The van der Waals surface area contributed by atoms with E-state index in [2.05, 4.69) is 252 Å². The van der Waals surface area contributed by atoms with Crippen molar-refractivity contribution in [3.05, 3.63) is 246 Å². The topological polar surface area (TPSA) is 0 Å². The molecule has 0 saturated carbocycles. The predicted octanol–water partition coefficient (Wildman–Crippen LogP) is 15.6. The van der Waals surface area contributed by atoms with Crippen LogP contribution in [0.15, 0.2) is 223 Å². The van der Waals surface area contributed by atoms with Crippen molar-refractivity contribution in [3.63, 3.8) is 0 Å². The van der Waals surface area contributed by atoms with Crippen molar-refractivity contribution < 1.29 is 21.8 Å². The Morgan fingerprint density at radius 3 is 1.23 bits per heavy atom. The van der Waals surface area contributed by atoms with Crippen LogP contribution in [0.25, 0.3) is 89.3 Å². The van der Waals surface area contributed by atoms with E-state index >= 15 is 0 Å². The van der Waals surface area contributed by atoms with E-state index in [0.29, 0.717) is 19.1 Å². The number of hydrogen-bond donors (Lipinski definition) is 0. The van der Waals surface area contributed by atoms with E-state index in [1.165, 1.54) is 88.3 Å². The summed E-state index contributed by atoms with van der Waals surface area (Å²) in [6.07, 6.45) is 5.36. The molecule has 0 nitrogen and oxygen atoms in total. The third kappa shape index (κ3) is 7.01. The van der Waals surface area contributed by atoms with E-state index in [0.717, 1.165) is 0 Å². The van der Waals surface area contributed by atoms with Gasteiger partial charge < -0.3 is 0 Å². The van der Waals surface area contributed by atoms with Crippen LogP contribution >= 0.6 is 0 Å². The molecule has 0 radical (unpaired) electrons. The second-order valence-corrected chi connectivity index (χ2v) is 28.6. The molecule has 335 valence electrons. The van der Waals surface area contributed by atoms with Gasteiger partial charge in [0.15, 0.2) is 0 Å². The Kier molecular flexibility index (Phi) is 10.9. The Morgan fingerprint density at radius 2 is 0.714 bits per heavy atom. The molecule has 10 aromatic rings. The van der Waals surface area contributed by atoms with Gasteiger partial charge in [0.05, 0.1) is 0 Å². The molecule has 2 aliphatic carbocycles. The van der Waals surface area contributed by atoms with Crippen molar-refractivity contribution in [2.75, 3.05) is 0 Å². The molecule has 0 fully saturated rings. The zero-order chi connectivity index (χ0) is 47.0. The molecule has 1 heterocycles. The molecule has 0 N–H and O–H groups in total. The van der Waals surface area contributed by atoms with Crippen molar-refractivity contribution in [1.82, 2.24) is 0 Å². The maximum atomic E-state index is 2.68. The minimum atomic E-state index is -3.07. The van der Waals surface area contributed by atoms with Gasteiger partial charge in [0.25, 0.3) is 0 Å². The SMILES string of the molecule is CC(C)C1=Cc2c(-c3ccccc3-c3cccc4ccccc34)cccc2[CH]1[Zr]([c]1cccc2c1[SiH2]c1ccccc1-2)[CH]1C(C(C)C)=Cc2c(-c3ccccc3-c3cccc4ccccc34)cccc21. The molecule has 2 atom stereocenters. The zero-order valence-electron chi connectivity index (χ0n) is 40.4. The van der Waals surface area contributed by atoms with Gasteiger partial charge in [0.2, 0.25) is 0 Å². The van der Waals surface area contributed by atoms with E-state index in [-0.39, 0.29) is 0 Å². The van der Waals surface area contributed by atoms with E-state index in [1.54, 1.807) is 35.9 Å². The van der Waals surface area contributed by atoms with Gasteiger partial charge in [-0.2, -0.15) is 0 Å². The van der Waals surface area contributed by atoms with Crippen LogP contribution in [-0.4, -0.2) is 9.52 Å². The Labute approximate surface area is 423 Å². The van der Waals surface area contributed by atoms with Crippen LogP contribution in [0.4, 0.5) is 0 Å². The summed E-state index contributed by atoms with van der Waals surface area (Å²) in [5.41, 5.74) is 22.7. The fourth-order valence-corrected chi connectivity index (χ4v) is 27.5. The molecule has 1 aliphatic heterocycles. The van der Waals surface area contributed by atoms with Gasteiger partial charge in [-0.15, -0.1) is 0 Å². The number of rotatable bonds is 9. The first-order valence-electron chi connectivity index (χ1n) is 25.3. The van der Waals surface area contributed by atoms with E-state index in [9.17, 15) is 0 Å². The maximum absolute atomic E-state index is 3.07. The number of benzene rings is 10. The summed E-state index contributed by atoms with van der Waals surface area (Å²) >= 11 is -3.07. The molecule has 10 aromatic carbocycles. The summed E-state index contributed by atoms with van der Waals surface area (Å²) in [6.45, 7) is 9.89. The van der Waals surface area contributed by atoms with Crippen molar-refractivity contribution in [3.8, 4) is 55.6 Å². The first-order chi connectivity index (χ1) is 34.4. The fraction of sp³-hybridized carbons (Fsp3) is 0.118. The fourth-order valence-electron chi connectivity index (χ4n) is 12.7. The number of fused-ring (bicyclic) bond motifs is 7. The van der Waals surface area contributed by atoms with Gasteiger partial charge in [0, 0.05) is 0 Å². The molecule has 2 heteroatoms. The molecule has 0 aromatic heterocycles. The molecule has 0 bridgehead atoms. The predicted molar refractivity (Wildman–Crippen MR) is 300 cm³/mol. The van der Waals surface area contributed by atoms with Gasteiger partial charge in [-0.1, -0.05) is 0 Å². The quantitative estimate of drug-likeness (QED) is 0.126. The van der Waals surface area contributed by atoms with Crippen LogP contribution in [0.3, 0.4) is 0 Å². The summed E-state index contributed by atoms with van der Waals surface area (Å²) in [6, 6.07) is 81.2. The van der Waals surface area contributed by atoms with Gasteiger partial charge >= 0.3 is 427 Å². The van der Waals surface area contributed by atoms with Gasteiger partial charge in [0.1, 0.15) is 0 Å². The van der Waals surface area contributed by atoms with E-state index in [1.807, 2.05) is 0 Å². The normalized spacial score (nSPS) is 15.9. The van der Waals surface area contributed by atoms with Crippen LogP contribution in [0.1, 0.15) is 57.2 Å². The van der Waals surface area contributed by atoms with Crippen LogP contribution in [0.2, 0.25) is 0 Å². The van der Waals surface area contributed by atoms with Crippen LogP contribution in [0, 0.1) is 11.8 Å². The zero-order valence-corrected chi connectivity index (χ0v) is 44.3. The van der Waals surface area contributed by atoms with Crippen molar-refractivity contribution in [1.29, 1.82) is 0 Å². The van der Waals surface area contributed by atoms with Crippen molar-refractivity contribution in [2.45, 2.75) is 34.9 Å². The molecular weight excluding hydrogens is 936 g/mol. The average Bonchev–Trinajstić information content (AvgIpc) is 4.12. The third-order valence-electron chi connectivity index (χ3n) is 15.9. The summed E-state index contributed by atoms with van der Waals surface area (Å²) in [4.78, 5) is 0. The molecule has 3 aliphatic rings. The molecule has 2 unspecified atom stereocenters. The second-order valence-electron chi connectivity index (χ2n) is 20.3. The Hall–Kier alpha value is -6.70. The molecule has 0 spiro atoms. The van der Waals surface area contributed by atoms with E-state index < -0.39 is 31.3 Å². The summed E-state index contributed by atoms with van der Waals surface area (Å²) in [5, 5.41) is 8.47. The van der Waals surface area contributed by atoms with Gasteiger partial charge in [-0.05, 0) is 0 Å². The molecule has 70 heavy (non-hydrogen) atoms. The summed E-state index contributed by atoms with van der Waals surface area (Å²) < 4.78 is 2.49. The van der Waals surface area contributed by atoms with Crippen molar-refractivity contribution in [2.24, 2.45) is 11.8 Å². The number of hydrogen-bond acceptors (Lipinski definition) is 0. The molecule has 0 saturated heterocycles. The molecule has 0 amide bonds. The van der Waals surface area contributed by atoms with Crippen LogP contribution < -0.4 is 13.6 Å². The number of allylic oxidation sites excluding steroid dienone is 2. The second kappa shape index (κ2) is 17.6. The van der Waals surface area contributed by atoms with Crippen LogP contribution in [-0.2, 0) is 21.8 Å². The minimum absolute atomic E-state index is 0.371. The standard InChI is InChI=1S/2C28H23.C12H9Si.Zr/c2*1-19(2)22-17-21-11-8-16-27(28(21)18-22)26-14-6-5-13-25(26)24-15-7-10-20-9-3-4-12-23(20)24;1-3-7-11-9(5-1)10-6-2-4-8-12(10)13-11;/h2*3-19H,1-2H3;1-7H,13H2;. The molecule has 13 rings (SSSR count). The first kappa shape index (κ1) is 43.3. The van der Waals surface area contributed by atoms with Gasteiger partial charge in [-0.3, -0.25) is 0 Å². The van der Waals surface area contributed by atoms with Gasteiger partial charge in [-0.25, -0.2) is 0 Å². The molecular formula is C68H55SiZr. The Morgan fingerprint density at radius 1 is 0.343 bits per heavy atom. The summed E-state index contributed by atoms with van der Waals surface area (Å²) in [5.74, 6) is 0.790. The Balaban J connectivity index is 1.04. The average molecular weight is 991 g/mol. The first-order valence-corrected chi connectivity index (χ1v) is 30.8. The van der Waals surface area contributed by atoms with Crippen molar-refractivity contribution >= 4 is 56.9 Å².